The first-order valence-corrected chi connectivity index (χ1v) is 11.3. The molecule has 0 unspecified atom stereocenters. The molecular formula is C25H32N4O2. The van der Waals surface area contributed by atoms with E-state index < -0.39 is 0 Å². The summed E-state index contributed by atoms with van der Waals surface area (Å²) in [6.45, 7) is 4.79. The number of aromatic nitrogens is 2. The Morgan fingerprint density at radius 3 is 2.74 bits per heavy atom. The molecule has 0 aliphatic carbocycles. The molecule has 0 spiro atoms. The van der Waals surface area contributed by atoms with Crippen molar-refractivity contribution in [2.24, 2.45) is 0 Å². The Labute approximate surface area is 184 Å². The number of benzene rings is 2. The summed E-state index contributed by atoms with van der Waals surface area (Å²) in [5, 5.41) is 8.63. The third-order valence-electron chi connectivity index (χ3n) is 6.01. The average molecular weight is 421 g/mol. The maximum absolute atomic E-state index is 12.7. The Morgan fingerprint density at radius 1 is 1.10 bits per heavy atom. The van der Waals surface area contributed by atoms with Crippen LogP contribution < -0.4 is 10.1 Å². The predicted octanol–water partition coefficient (Wildman–Crippen LogP) is 4.09. The summed E-state index contributed by atoms with van der Waals surface area (Å²) in [7, 11) is 1.67. The average Bonchev–Trinajstić information content (AvgIpc) is 3.01. The van der Waals surface area contributed by atoms with Crippen LogP contribution in [0.15, 0.2) is 48.7 Å². The Morgan fingerprint density at radius 2 is 1.94 bits per heavy atom. The van der Waals surface area contributed by atoms with Gasteiger partial charge in [-0.3, -0.25) is 9.48 Å². The maximum Gasteiger partial charge on any atom is 0.251 e. The van der Waals surface area contributed by atoms with E-state index in [0.29, 0.717) is 18.7 Å². The van der Waals surface area contributed by atoms with E-state index in [9.17, 15) is 4.79 Å². The molecular weight excluding hydrogens is 388 g/mol. The highest BCUT2D eigenvalue weighted by molar-refractivity contribution is 5.97. The van der Waals surface area contributed by atoms with E-state index in [0.717, 1.165) is 35.2 Å². The molecule has 0 bridgehead atoms. The number of nitrogens with one attached hydrogen (secondary N) is 1. The molecule has 2 heterocycles. The number of amides is 1. The van der Waals surface area contributed by atoms with Gasteiger partial charge in [-0.15, -0.1) is 0 Å². The second-order valence-corrected chi connectivity index (χ2v) is 8.29. The number of hydrogen-bond donors (Lipinski definition) is 1. The van der Waals surface area contributed by atoms with E-state index in [4.69, 9.17) is 4.74 Å². The van der Waals surface area contributed by atoms with Gasteiger partial charge in [-0.25, -0.2) is 0 Å². The molecule has 2 aromatic carbocycles. The van der Waals surface area contributed by atoms with Crippen molar-refractivity contribution in [2.75, 3.05) is 33.3 Å². The van der Waals surface area contributed by atoms with Gasteiger partial charge in [0.2, 0.25) is 0 Å². The van der Waals surface area contributed by atoms with Crippen LogP contribution in [0.5, 0.6) is 5.75 Å². The Bertz CT molecular complexity index is 1010. The molecule has 0 saturated carbocycles. The van der Waals surface area contributed by atoms with E-state index >= 15 is 0 Å². The Hall–Kier alpha value is -2.86. The van der Waals surface area contributed by atoms with Crippen molar-refractivity contribution >= 4 is 16.8 Å². The van der Waals surface area contributed by atoms with Gasteiger partial charge in [0.05, 0.1) is 25.4 Å². The molecule has 1 aliphatic rings. The fourth-order valence-corrected chi connectivity index (χ4v) is 4.25. The molecule has 3 aromatic rings. The molecule has 164 valence electrons. The lowest BCUT2D eigenvalue weighted by atomic mass is 10.1. The lowest BCUT2D eigenvalue weighted by molar-refractivity contribution is 0.0951. The summed E-state index contributed by atoms with van der Waals surface area (Å²) in [5.41, 5.74) is 2.74. The van der Waals surface area contributed by atoms with E-state index in [1.807, 2.05) is 47.3 Å². The number of carbonyl (C=O) groups excluding carboxylic acids is 1. The second-order valence-electron chi connectivity index (χ2n) is 8.29. The highest BCUT2D eigenvalue weighted by Crippen LogP contribution is 2.19. The van der Waals surface area contributed by atoms with Crippen molar-refractivity contribution in [3.63, 3.8) is 0 Å². The predicted molar refractivity (Wildman–Crippen MR) is 124 cm³/mol. The van der Waals surface area contributed by atoms with Gasteiger partial charge >= 0.3 is 0 Å². The lowest BCUT2D eigenvalue weighted by Gasteiger charge is -2.19. The number of fused-ring (bicyclic) bond motifs is 1. The minimum Gasteiger partial charge on any atom is -0.497 e. The zero-order valence-electron chi connectivity index (χ0n) is 18.3. The standard InChI is InChI=1S/C25H32N4O2/c1-31-23-9-6-8-20(16-23)19-29-24-17-21(10-11-22(24)18-27-29)25(30)26-12-7-15-28-13-4-2-3-5-14-28/h6,8-11,16-18H,2-5,7,12-15,19H2,1H3,(H,26,30). The molecule has 1 saturated heterocycles. The van der Waals surface area contributed by atoms with Crippen LogP contribution in [0.3, 0.4) is 0 Å². The van der Waals surface area contributed by atoms with Crippen molar-refractivity contribution in [2.45, 2.75) is 38.6 Å². The molecule has 6 heteroatoms. The van der Waals surface area contributed by atoms with Gasteiger partial charge in [0.15, 0.2) is 0 Å². The molecule has 31 heavy (non-hydrogen) atoms. The van der Waals surface area contributed by atoms with Crippen LogP contribution in [-0.2, 0) is 6.54 Å². The fraction of sp³-hybridized carbons (Fsp3) is 0.440. The summed E-state index contributed by atoms with van der Waals surface area (Å²) in [4.78, 5) is 15.2. The summed E-state index contributed by atoms with van der Waals surface area (Å²) < 4.78 is 7.25. The third-order valence-corrected chi connectivity index (χ3v) is 6.01. The zero-order valence-corrected chi connectivity index (χ0v) is 18.3. The van der Waals surface area contributed by atoms with Crippen molar-refractivity contribution in [1.82, 2.24) is 20.0 Å². The molecule has 4 rings (SSSR count). The number of rotatable bonds is 8. The van der Waals surface area contributed by atoms with E-state index in [2.05, 4.69) is 21.4 Å². The minimum atomic E-state index is -0.0214. The molecule has 1 N–H and O–H groups in total. The molecule has 0 atom stereocenters. The summed E-state index contributed by atoms with van der Waals surface area (Å²) >= 11 is 0. The molecule has 1 aliphatic heterocycles. The molecule has 6 nitrogen and oxygen atoms in total. The van der Waals surface area contributed by atoms with Crippen molar-refractivity contribution in [1.29, 1.82) is 0 Å². The molecule has 1 fully saturated rings. The fourth-order valence-electron chi connectivity index (χ4n) is 4.25. The zero-order chi connectivity index (χ0) is 21.5. The summed E-state index contributed by atoms with van der Waals surface area (Å²) in [6.07, 6.45) is 8.14. The normalized spacial score (nSPS) is 15.0. The largest absolute Gasteiger partial charge is 0.497 e. The monoisotopic (exact) mass is 420 g/mol. The summed E-state index contributed by atoms with van der Waals surface area (Å²) in [5.74, 6) is 0.807. The minimum absolute atomic E-state index is 0.0214. The SMILES string of the molecule is COc1cccc(Cn2ncc3ccc(C(=O)NCCCN4CCCCCC4)cc32)c1. The highest BCUT2D eigenvalue weighted by Gasteiger charge is 2.11. The number of likely N-dealkylation sites (tertiary alicyclic amines) is 1. The number of nitrogens with zero attached hydrogens (tertiary/aromatic N) is 3. The third kappa shape index (κ3) is 5.64. The van der Waals surface area contributed by atoms with Crippen LogP contribution in [0.1, 0.15) is 48.0 Å². The molecule has 1 amide bonds. The van der Waals surface area contributed by atoms with Gasteiger partial charge in [0.1, 0.15) is 5.75 Å². The topological polar surface area (TPSA) is 59.4 Å². The van der Waals surface area contributed by atoms with Crippen LogP contribution in [0.2, 0.25) is 0 Å². The number of carbonyl (C=O) groups is 1. The quantitative estimate of drug-likeness (QED) is 0.558. The first-order valence-electron chi connectivity index (χ1n) is 11.3. The number of ether oxygens (including phenoxy) is 1. The van der Waals surface area contributed by atoms with Crippen LogP contribution in [0.25, 0.3) is 10.9 Å². The van der Waals surface area contributed by atoms with Crippen molar-refractivity contribution in [3.8, 4) is 5.75 Å². The van der Waals surface area contributed by atoms with Gasteiger partial charge in [-0.1, -0.05) is 31.0 Å². The summed E-state index contributed by atoms with van der Waals surface area (Å²) in [6, 6.07) is 13.8. The van der Waals surface area contributed by atoms with Crippen molar-refractivity contribution < 1.29 is 9.53 Å². The van der Waals surface area contributed by atoms with Gasteiger partial charge in [0, 0.05) is 17.5 Å². The smallest absolute Gasteiger partial charge is 0.251 e. The van der Waals surface area contributed by atoms with Crippen LogP contribution >= 0.6 is 0 Å². The first-order chi connectivity index (χ1) is 15.2. The second kappa shape index (κ2) is 10.4. The van der Waals surface area contributed by atoms with Crippen molar-refractivity contribution in [3.05, 3.63) is 59.8 Å². The Kier molecular flexibility index (Phi) is 7.20. The number of methoxy groups -OCH3 is 1. The number of hydrogen-bond acceptors (Lipinski definition) is 4. The van der Waals surface area contributed by atoms with E-state index in [1.54, 1.807) is 7.11 Å². The molecule has 1 aromatic heterocycles. The maximum atomic E-state index is 12.7. The van der Waals surface area contributed by atoms with E-state index in [-0.39, 0.29) is 5.91 Å². The van der Waals surface area contributed by atoms with Crippen LogP contribution in [0.4, 0.5) is 0 Å². The van der Waals surface area contributed by atoms with Crippen LogP contribution in [-0.4, -0.2) is 53.9 Å². The molecule has 0 radical (unpaired) electrons. The van der Waals surface area contributed by atoms with Gasteiger partial charge in [-0.05, 0) is 68.7 Å². The van der Waals surface area contributed by atoms with E-state index in [1.165, 1.54) is 38.8 Å². The van der Waals surface area contributed by atoms with Gasteiger partial charge in [0.25, 0.3) is 5.91 Å². The Balaban J connectivity index is 1.36. The first kappa shape index (κ1) is 21.4. The van der Waals surface area contributed by atoms with Gasteiger partial charge < -0.3 is 15.0 Å². The highest BCUT2D eigenvalue weighted by atomic mass is 16.5. The van der Waals surface area contributed by atoms with Gasteiger partial charge in [-0.2, -0.15) is 5.10 Å². The lowest BCUT2D eigenvalue weighted by Crippen LogP contribution is -2.30. The van der Waals surface area contributed by atoms with Crippen LogP contribution in [0, 0.1) is 0 Å².